The van der Waals surface area contributed by atoms with Crippen molar-refractivity contribution in [3.8, 4) is 6.07 Å². The summed E-state index contributed by atoms with van der Waals surface area (Å²) in [7, 11) is 0. The molecule has 19 heavy (non-hydrogen) atoms. The normalized spacial score (nSPS) is 9.79. The van der Waals surface area contributed by atoms with E-state index in [1.54, 1.807) is 4.90 Å². The van der Waals surface area contributed by atoms with Gasteiger partial charge in [0.05, 0.1) is 17.8 Å². The first kappa shape index (κ1) is 15.4. The maximum Gasteiger partial charge on any atom is 0.241 e. The number of rotatable bonds is 6. The number of hydrogen-bond donors (Lipinski definition) is 1. The van der Waals surface area contributed by atoms with E-state index in [4.69, 9.17) is 0 Å². The van der Waals surface area contributed by atoms with Crippen molar-refractivity contribution in [1.29, 1.82) is 5.26 Å². The average molecular weight is 277 g/mol. The molecule has 1 amide bonds. The van der Waals surface area contributed by atoms with Crippen LogP contribution in [-0.2, 0) is 4.79 Å². The topological polar surface area (TPSA) is 56.1 Å². The van der Waals surface area contributed by atoms with E-state index >= 15 is 0 Å². The lowest BCUT2D eigenvalue weighted by Crippen LogP contribution is -2.35. The van der Waals surface area contributed by atoms with Crippen LogP contribution in [0.1, 0.15) is 19.4 Å². The van der Waals surface area contributed by atoms with Gasteiger partial charge in [-0.3, -0.25) is 4.79 Å². The zero-order valence-electron chi connectivity index (χ0n) is 11.6. The van der Waals surface area contributed by atoms with Crippen LogP contribution in [0, 0.1) is 11.3 Å². The molecule has 0 aromatic heterocycles. The molecule has 0 radical (unpaired) electrons. The molecule has 1 aromatic rings. The molecular weight excluding hydrogens is 258 g/mol. The highest BCUT2D eigenvalue weighted by molar-refractivity contribution is 7.98. The van der Waals surface area contributed by atoms with Gasteiger partial charge in [-0.25, -0.2) is 0 Å². The van der Waals surface area contributed by atoms with E-state index in [9.17, 15) is 10.1 Å². The average Bonchev–Trinajstić information content (AvgIpc) is 2.45. The van der Waals surface area contributed by atoms with E-state index in [0.29, 0.717) is 18.7 Å². The number of carbonyl (C=O) groups excluding carboxylic acids is 1. The predicted octanol–water partition coefficient (Wildman–Crippen LogP) is 2.56. The molecule has 1 N–H and O–H groups in total. The molecule has 4 nitrogen and oxygen atoms in total. The first-order chi connectivity index (χ1) is 9.17. The van der Waals surface area contributed by atoms with Crippen LogP contribution in [0.2, 0.25) is 0 Å². The largest absolute Gasteiger partial charge is 0.375 e. The van der Waals surface area contributed by atoms with Crippen molar-refractivity contribution in [3.63, 3.8) is 0 Å². The molecule has 102 valence electrons. The van der Waals surface area contributed by atoms with Crippen molar-refractivity contribution >= 4 is 23.4 Å². The van der Waals surface area contributed by atoms with Gasteiger partial charge in [-0.1, -0.05) is 6.07 Å². The van der Waals surface area contributed by atoms with E-state index in [1.807, 2.05) is 38.3 Å². The summed E-state index contributed by atoms with van der Waals surface area (Å²) in [5.74, 6) is 0.0449. The van der Waals surface area contributed by atoms with Gasteiger partial charge in [0.1, 0.15) is 6.07 Å². The van der Waals surface area contributed by atoms with Crippen LogP contribution in [0.5, 0.6) is 0 Å². The Morgan fingerprint density at radius 3 is 2.63 bits per heavy atom. The van der Waals surface area contributed by atoms with E-state index < -0.39 is 0 Å². The van der Waals surface area contributed by atoms with Gasteiger partial charge in [-0.15, -0.1) is 11.8 Å². The van der Waals surface area contributed by atoms with Gasteiger partial charge < -0.3 is 10.2 Å². The quantitative estimate of drug-likeness (QED) is 0.812. The zero-order chi connectivity index (χ0) is 14.3. The number of amides is 1. The summed E-state index contributed by atoms with van der Waals surface area (Å²) in [6.45, 7) is 5.53. The maximum atomic E-state index is 11.9. The van der Waals surface area contributed by atoms with Gasteiger partial charge in [-0.05, 0) is 32.2 Å². The summed E-state index contributed by atoms with van der Waals surface area (Å²) in [5, 5.41) is 12.3. The Bertz CT molecular complexity index is 478. The molecule has 5 heteroatoms. The highest BCUT2D eigenvalue weighted by Gasteiger charge is 2.11. The second-order valence-corrected chi connectivity index (χ2v) is 4.76. The summed E-state index contributed by atoms with van der Waals surface area (Å²) < 4.78 is 0. The molecule has 0 aliphatic rings. The molecule has 0 spiro atoms. The van der Waals surface area contributed by atoms with Gasteiger partial charge in [-0.2, -0.15) is 5.26 Å². The Morgan fingerprint density at radius 1 is 1.42 bits per heavy atom. The fourth-order valence-corrected chi connectivity index (χ4v) is 2.40. The first-order valence-corrected chi connectivity index (χ1v) is 7.49. The number of carbonyl (C=O) groups is 1. The van der Waals surface area contributed by atoms with Gasteiger partial charge in [0.2, 0.25) is 5.91 Å². The van der Waals surface area contributed by atoms with E-state index in [2.05, 4.69) is 11.4 Å². The fourth-order valence-electron chi connectivity index (χ4n) is 1.82. The van der Waals surface area contributed by atoms with Crippen molar-refractivity contribution in [1.82, 2.24) is 4.90 Å². The fraction of sp³-hybridized carbons (Fsp3) is 0.429. The second kappa shape index (κ2) is 7.70. The molecule has 0 bridgehead atoms. The summed E-state index contributed by atoms with van der Waals surface area (Å²) in [6, 6.07) is 7.80. The number of hydrogen-bond acceptors (Lipinski definition) is 4. The Morgan fingerprint density at radius 2 is 2.11 bits per heavy atom. The number of nitriles is 1. The van der Waals surface area contributed by atoms with Crippen LogP contribution < -0.4 is 5.32 Å². The Kier molecular flexibility index (Phi) is 6.23. The number of thioether (sulfide) groups is 1. The summed E-state index contributed by atoms with van der Waals surface area (Å²) >= 11 is 1.53. The molecule has 0 aliphatic carbocycles. The number of likely N-dealkylation sites (N-methyl/N-ethyl adjacent to an activating group) is 1. The standard InChI is InChI=1S/C14H19N3OS/c1-4-17(5-2)14(18)10-16-12-7-6-8-13(19-3)11(12)9-15/h6-8,16H,4-5,10H2,1-3H3. The third-order valence-electron chi connectivity index (χ3n) is 2.90. The lowest BCUT2D eigenvalue weighted by Gasteiger charge is -2.19. The van der Waals surface area contributed by atoms with Crippen molar-refractivity contribution in [2.24, 2.45) is 0 Å². The second-order valence-electron chi connectivity index (χ2n) is 3.91. The minimum atomic E-state index is 0.0449. The van der Waals surface area contributed by atoms with E-state index in [1.165, 1.54) is 11.8 Å². The Labute approximate surface area is 118 Å². The summed E-state index contributed by atoms with van der Waals surface area (Å²) in [5.41, 5.74) is 1.32. The molecule has 0 saturated carbocycles. The summed E-state index contributed by atoms with van der Waals surface area (Å²) in [4.78, 5) is 14.6. The van der Waals surface area contributed by atoms with Gasteiger partial charge in [0, 0.05) is 18.0 Å². The molecule has 1 rings (SSSR count). The monoisotopic (exact) mass is 277 g/mol. The SMILES string of the molecule is CCN(CC)C(=O)CNc1cccc(SC)c1C#N. The van der Waals surface area contributed by atoms with E-state index in [0.717, 1.165) is 10.6 Å². The molecule has 0 atom stereocenters. The number of anilines is 1. The van der Waals surface area contributed by atoms with Crippen molar-refractivity contribution in [2.45, 2.75) is 18.7 Å². The van der Waals surface area contributed by atoms with Gasteiger partial charge in [0.25, 0.3) is 0 Å². The predicted molar refractivity (Wildman–Crippen MR) is 79.4 cm³/mol. The van der Waals surface area contributed by atoms with Crippen molar-refractivity contribution in [2.75, 3.05) is 31.2 Å². The Hall–Kier alpha value is -1.67. The Balaban J connectivity index is 2.79. The van der Waals surface area contributed by atoms with Crippen LogP contribution >= 0.6 is 11.8 Å². The molecule has 0 unspecified atom stereocenters. The minimum Gasteiger partial charge on any atom is -0.375 e. The summed E-state index contributed by atoms with van der Waals surface area (Å²) in [6.07, 6.45) is 1.93. The lowest BCUT2D eigenvalue weighted by molar-refractivity contribution is -0.128. The minimum absolute atomic E-state index is 0.0449. The van der Waals surface area contributed by atoms with Crippen molar-refractivity contribution < 1.29 is 4.79 Å². The highest BCUT2D eigenvalue weighted by atomic mass is 32.2. The molecule has 0 aliphatic heterocycles. The third kappa shape index (κ3) is 3.90. The van der Waals surface area contributed by atoms with Gasteiger partial charge in [0.15, 0.2) is 0 Å². The molecule has 0 heterocycles. The maximum absolute atomic E-state index is 11.9. The van der Waals surface area contributed by atoms with E-state index in [-0.39, 0.29) is 12.5 Å². The first-order valence-electron chi connectivity index (χ1n) is 6.26. The number of nitrogens with zero attached hydrogens (tertiary/aromatic N) is 2. The van der Waals surface area contributed by atoms with Crippen LogP contribution in [0.15, 0.2) is 23.1 Å². The van der Waals surface area contributed by atoms with Gasteiger partial charge >= 0.3 is 0 Å². The highest BCUT2D eigenvalue weighted by Crippen LogP contribution is 2.26. The number of nitrogens with one attached hydrogen (secondary N) is 1. The molecular formula is C14H19N3OS. The third-order valence-corrected chi connectivity index (χ3v) is 3.68. The van der Waals surface area contributed by atoms with Crippen LogP contribution in [0.25, 0.3) is 0 Å². The zero-order valence-corrected chi connectivity index (χ0v) is 12.4. The number of benzene rings is 1. The van der Waals surface area contributed by atoms with Crippen LogP contribution in [0.4, 0.5) is 5.69 Å². The molecule has 0 saturated heterocycles. The molecule has 1 aromatic carbocycles. The molecule has 0 fully saturated rings. The van der Waals surface area contributed by atoms with Crippen LogP contribution in [0.3, 0.4) is 0 Å². The van der Waals surface area contributed by atoms with Crippen LogP contribution in [-0.4, -0.2) is 36.7 Å². The van der Waals surface area contributed by atoms with Crippen molar-refractivity contribution in [3.05, 3.63) is 23.8 Å². The lowest BCUT2D eigenvalue weighted by atomic mass is 10.2. The smallest absolute Gasteiger partial charge is 0.241 e.